The molecule has 0 bridgehead atoms. The topological polar surface area (TPSA) is 52.3 Å². The van der Waals surface area contributed by atoms with Crippen LogP contribution in [0.1, 0.15) is 0 Å². The first-order chi connectivity index (χ1) is 10.4. The second-order valence-electron chi connectivity index (χ2n) is 4.43. The molecule has 0 amide bonds. The second-order valence-corrected chi connectivity index (χ2v) is 4.43. The molecular weight excluding hydrogens is 304 g/mol. The Morgan fingerprint density at radius 2 is 1.95 bits per heavy atom. The molecule has 3 rings (SSSR count). The summed E-state index contributed by atoms with van der Waals surface area (Å²) in [7, 11) is 0. The fraction of sp³-hybridized carbons (Fsp3) is 0.154. The van der Waals surface area contributed by atoms with Gasteiger partial charge in [0.2, 0.25) is 0 Å². The number of hydrogen-bond acceptors (Lipinski definition) is 4. The smallest absolute Gasteiger partial charge is 0.422 e. The van der Waals surface area contributed by atoms with Gasteiger partial charge in [-0.1, -0.05) is 5.21 Å². The highest BCUT2D eigenvalue weighted by Crippen LogP contribution is 2.25. The maximum absolute atomic E-state index is 13.8. The van der Waals surface area contributed by atoms with Crippen LogP contribution >= 0.6 is 0 Å². The maximum atomic E-state index is 13.8. The van der Waals surface area contributed by atoms with Crippen LogP contribution < -0.4 is 4.74 Å². The Bertz CT molecular complexity index is 815. The number of ether oxygens (including phenoxy) is 1. The number of fused-ring (bicyclic) bond motifs is 1. The van der Waals surface area contributed by atoms with E-state index in [0.717, 1.165) is 6.07 Å². The van der Waals surface area contributed by atoms with Gasteiger partial charge in [0.1, 0.15) is 0 Å². The first-order valence-electron chi connectivity index (χ1n) is 6.08. The Morgan fingerprint density at radius 3 is 2.68 bits per heavy atom. The first kappa shape index (κ1) is 14.2. The van der Waals surface area contributed by atoms with Crippen molar-refractivity contribution in [3.05, 3.63) is 42.6 Å². The van der Waals surface area contributed by atoms with Crippen LogP contribution in [-0.4, -0.2) is 32.6 Å². The molecule has 0 aliphatic rings. The molecule has 9 heteroatoms. The third-order valence-corrected chi connectivity index (χ3v) is 2.81. The van der Waals surface area contributed by atoms with Gasteiger partial charge in [-0.15, -0.1) is 5.10 Å². The maximum Gasteiger partial charge on any atom is 0.422 e. The Hall–Kier alpha value is -2.71. The predicted octanol–water partition coefficient (Wildman–Crippen LogP) is 2.87. The zero-order valence-electron chi connectivity index (χ0n) is 10.9. The van der Waals surface area contributed by atoms with Gasteiger partial charge in [-0.05, 0) is 23.8 Å². The summed E-state index contributed by atoms with van der Waals surface area (Å²) < 4.78 is 55.8. The highest BCUT2D eigenvalue weighted by atomic mass is 19.4. The Kier molecular flexibility index (Phi) is 3.39. The molecule has 0 aliphatic heterocycles. The zero-order valence-corrected chi connectivity index (χ0v) is 10.9. The first-order valence-corrected chi connectivity index (χ1v) is 6.08. The van der Waals surface area contributed by atoms with Crippen molar-refractivity contribution in [2.45, 2.75) is 6.18 Å². The average Bonchev–Trinajstić information content (AvgIpc) is 2.92. The van der Waals surface area contributed by atoms with E-state index < -0.39 is 24.5 Å². The predicted molar refractivity (Wildman–Crippen MR) is 67.7 cm³/mol. The van der Waals surface area contributed by atoms with Crippen molar-refractivity contribution >= 4 is 5.52 Å². The van der Waals surface area contributed by atoms with E-state index in [0.29, 0.717) is 16.6 Å². The lowest BCUT2D eigenvalue weighted by molar-refractivity contribution is -0.154. The van der Waals surface area contributed by atoms with Crippen molar-refractivity contribution in [2.75, 3.05) is 6.61 Å². The van der Waals surface area contributed by atoms with Crippen molar-refractivity contribution in [3.63, 3.8) is 0 Å². The standard InChI is InChI=1S/C13H8F4N4O/c14-11-4-9(5-18-12(11)22-7-13(15,16)17)8-1-2-21-10(3-8)6-19-20-21/h1-6H,7H2. The average molecular weight is 312 g/mol. The lowest BCUT2D eigenvalue weighted by atomic mass is 10.1. The molecule has 0 aliphatic carbocycles. The summed E-state index contributed by atoms with van der Waals surface area (Å²) in [6.45, 7) is -1.59. The quantitative estimate of drug-likeness (QED) is 0.698. The largest absolute Gasteiger partial charge is 0.466 e. The van der Waals surface area contributed by atoms with Gasteiger partial charge in [0, 0.05) is 18.0 Å². The normalized spacial score (nSPS) is 11.8. The minimum atomic E-state index is -4.55. The van der Waals surface area contributed by atoms with Crippen molar-refractivity contribution in [2.24, 2.45) is 0 Å². The minimum absolute atomic E-state index is 0.403. The molecule has 0 unspecified atom stereocenters. The number of alkyl halides is 3. The molecule has 5 nitrogen and oxygen atoms in total. The highest BCUT2D eigenvalue weighted by molar-refractivity contribution is 5.67. The van der Waals surface area contributed by atoms with Crippen LogP contribution in [-0.2, 0) is 0 Å². The van der Waals surface area contributed by atoms with Gasteiger partial charge in [-0.2, -0.15) is 13.2 Å². The van der Waals surface area contributed by atoms with Crippen LogP contribution in [0.2, 0.25) is 0 Å². The van der Waals surface area contributed by atoms with Crippen molar-refractivity contribution < 1.29 is 22.3 Å². The van der Waals surface area contributed by atoms with Crippen LogP contribution in [0, 0.1) is 5.82 Å². The number of halogens is 4. The van der Waals surface area contributed by atoms with Gasteiger partial charge in [0.05, 0.1) is 11.7 Å². The highest BCUT2D eigenvalue weighted by Gasteiger charge is 2.29. The molecule has 3 aromatic heterocycles. The van der Waals surface area contributed by atoms with Crippen LogP contribution in [0.15, 0.2) is 36.8 Å². The fourth-order valence-electron chi connectivity index (χ4n) is 1.85. The van der Waals surface area contributed by atoms with Gasteiger partial charge in [-0.25, -0.2) is 13.9 Å². The van der Waals surface area contributed by atoms with E-state index >= 15 is 0 Å². The summed E-state index contributed by atoms with van der Waals surface area (Å²) in [6, 6.07) is 4.43. The molecule has 0 aromatic carbocycles. The second kappa shape index (κ2) is 5.24. The molecule has 0 fully saturated rings. The number of hydrogen-bond donors (Lipinski definition) is 0. The minimum Gasteiger partial charge on any atom is -0.466 e. The third kappa shape index (κ3) is 2.97. The number of pyridine rings is 2. The molecule has 114 valence electrons. The molecular formula is C13H8F4N4O. The van der Waals surface area contributed by atoms with Gasteiger partial charge in [0.25, 0.3) is 5.88 Å². The summed E-state index contributed by atoms with van der Waals surface area (Å²) >= 11 is 0. The molecule has 22 heavy (non-hydrogen) atoms. The number of aromatic nitrogens is 4. The third-order valence-electron chi connectivity index (χ3n) is 2.81. The molecule has 0 saturated heterocycles. The van der Waals surface area contributed by atoms with Gasteiger partial charge in [-0.3, -0.25) is 0 Å². The van der Waals surface area contributed by atoms with E-state index in [1.54, 1.807) is 18.3 Å². The Morgan fingerprint density at radius 1 is 1.14 bits per heavy atom. The molecule has 0 N–H and O–H groups in total. The number of rotatable bonds is 3. The van der Waals surface area contributed by atoms with Crippen molar-refractivity contribution in [1.82, 2.24) is 19.8 Å². The summed E-state index contributed by atoms with van der Waals surface area (Å²) in [5.74, 6) is -1.65. The van der Waals surface area contributed by atoms with Gasteiger partial charge < -0.3 is 4.74 Å². The SMILES string of the molecule is Fc1cc(-c2ccn3nncc3c2)cnc1OCC(F)(F)F. The molecule has 0 radical (unpaired) electrons. The van der Waals surface area contributed by atoms with Gasteiger partial charge in [0.15, 0.2) is 12.4 Å². The monoisotopic (exact) mass is 312 g/mol. The fourth-order valence-corrected chi connectivity index (χ4v) is 1.85. The Balaban J connectivity index is 1.87. The van der Waals surface area contributed by atoms with E-state index in [9.17, 15) is 17.6 Å². The molecule has 3 heterocycles. The lowest BCUT2D eigenvalue weighted by Crippen LogP contribution is -2.20. The van der Waals surface area contributed by atoms with E-state index in [4.69, 9.17) is 0 Å². The number of nitrogens with zero attached hydrogens (tertiary/aromatic N) is 4. The van der Waals surface area contributed by atoms with Crippen LogP contribution in [0.4, 0.5) is 17.6 Å². The van der Waals surface area contributed by atoms with E-state index in [1.807, 2.05) is 0 Å². The van der Waals surface area contributed by atoms with Crippen molar-refractivity contribution in [3.8, 4) is 17.0 Å². The van der Waals surface area contributed by atoms with E-state index in [2.05, 4.69) is 20.0 Å². The van der Waals surface area contributed by atoms with Crippen LogP contribution in [0.5, 0.6) is 5.88 Å². The molecule has 0 saturated carbocycles. The zero-order chi connectivity index (χ0) is 15.7. The van der Waals surface area contributed by atoms with Gasteiger partial charge >= 0.3 is 6.18 Å². The Labute approximate surface area is 121 Å². The van der Waals surface area contributed by atoms with E-state index in [-0.39, 0.29) is 0 Å². The molecule has 3 aromatic rings. The summed E-state index contributed by atoms with van der Waals surface area (Å²) in [6.07, 6.45) is -0.158. The summed E-state index contributed by atoms with van der Waals surface area (Å²) in [4.78, 5) is 3.59. The summed E-state index contributed by atoms with van der Waals surface area (Å²) in [5.41, 5.74) is 1.72. The lowest BCUT2D eigenvalue weighted by Gasteiger charge is -2.09. The van der Waals surface area contributed by atoms with Crippen LogP contribution in [0.3, 0.4) is 0 Å². The molecule has 0 atom stereocenters. The van der Waals surface area contributed by atoms with E-state index in [1.165, 1.54) is 16.9 Å². The summed E-state index contributed by atoms with van der Waals surface area (Å²) in [5, 5.41) is 7.49. The molecule has 0 spiro atoms. The van der Waals surface area contributed by atoms with Crippen LogP contribution in [0.25, 0.3) is 16.6 Å². The van der Waals surface area contributed by atoms with Crippen molar-refractivity contribution in [1.29, 1.82) is 0 Å².